The van der Waals surface area contributed by atoms with Crippen LogP contribution in [0.2, 0.25) is 0 Å². The topological polar surface area (TPSA) is 34.8 Å². The Bertz CT molecular complexity index is 723. The van der Waals surface area contributed by atoms with Gasteiger partial charge in [-0.05, 0) is 43.6 Å². The minimum atomic E-state index is 0.992. The van der Waals surface area contributed by atoms with Gasteiger partial charge in [-0.2, -0.15) is 5.10 Å². The predicted molar refractivity (Wildman–Crippen MR) is 86.5 cm³/mol. The molecule has 0 aliphatic heterocycles. The molecule has 0 aliphatic carbocycles. The van der Waals surface area contributed by atoms with Crippen LogP contribution in [0.25, 0.3) is 10.9 Å². The second kappa shape index (κ2) is 6.14. The summed E-state index contributed by atoms with van der Waals surface area (Å²) >= 11 is 0. The number of para-hydroxylation sites is 1. The van der Waals surface area contributed by atoms with Gasteiger partial charge in [0.15, 0.2) is 0 Å². The third-order valence-electron chi connectivity index (χ3n) is 3.92. The van der Waals surface area contributed by atoms with Crippen LogP contribution in [0.1, 0.15) is 11.1 Å². The molecule has 2 aromatic heterocycles. The van der Waals surface area contributed by atoms with Crippen LogP contribution in [0.3, 0.4) is 0 Å². The first-order chi connectivity index (χ1) is 10.3. The van der Waals surface area contributed by atoms with Gasteiger partial charge in [-0.3, -0.25) is 4.68 Å². The van der Waals surface area contributed by atoms with Crippen LogP contribution in [0.4, 0.5) is 0 Å². The van der Waals surface area contributed by atoms with E-state index in [4.69, 9.17) is 0 Å². The van der Waals surface area contributed by atoms with E-state index < -0.39 is 0 Å². The fraction of sp³-hybridized carbons (Fsp3) is 0.353. The van der Waals surface area contributed by atoms with E-state index in [2.05, 4.69) is 51.6 Å². The quantitative estimate of drug-likeness (QED) is 0.753. The lowest BCUT2D eigenvalue weighted by molar-refractivity contribution is 0.714. The van der Waals surface area contributed by atoms with Gasteiger partial charge in [0, 0.05) is 36.9 Å². The molecule has 4 nitrogen and oxygen atoms in total. The second-order valence-corrected chi connectivity index (χ2v) is 5.49. The Labute approximate surface area is 125 Å². The number of nitrogens with one attached hydrogen (secondary N) is 1. The lowest BCUT2D eigenvalue weighted by atomic mass is 10.1. The molecule has 2 heterocycles. The third kappa shape index (κ3) is 3.00. The summed E-state index contributed by atoms with van der Waals surface area (Å²) in [5.74, 6) is 0. The fourth-order valence-corrected chi connectivity index (χ4v) is 2.82. The van der Waals surface area contributed by atoms with Crippen molar-refractivity contribution in [2.45, 2.75) is 19.4 Å². The van der Waals surface area contributed by atoms with Crippen molar-refractivity contribution in [1.29, 1.82) is 0 Å². The first-order valence-electron chi connectivity index (χ1n) is 7.47. The molecule has 0 unspecified atom stereocenters. The second-order valence-electron chi connectivity index (χ2n) is 5.49. The SMILES string of the molecule is CNCCc1cn(CCc2cnn(C)c2)c2ccccc12. The molecule has 0 saturated carbocycles. The Hall–Kier alpha value is -2.07. The number of rotatable bonds is 6. The van der Waals surface area contributed by atoms with Gasteiger partial charge in [-0.25, -0.2) is 0 Å². The van der Waals surface area contributed by atoms with Crippen LogP contribution >= 0.6 is 0 Å². The molecule has 110 valence electrons. The lowest BCUT2D eigenvalue weighted by Crippen LogP contribution is -2.10. The number of hydrogen-bond acceptors (Lipinski definition) is 2. The molecule has 0 saturated heterocycles. The van der Waals surface area contributed by atoms with E-state index in [1.54, 1.807) is 0 Å². The summed E-state index contributed by atoms with van der Waals surface area (Å²) in [5, 5.41) is 8.84. The first-order valence-corrected chi connectivity index (χ1v) is 7.47. The summed E-state index contributed by atoms with van der Waals surface area (Å²) in [4.78, 5) is 0. The van der Waals surface area contributed by atoms with Crippen molar-refractivity contribution in [2.75, 3.05) is 13.6 Å². The summed E-state index contributed by atoms with van der Waals surface area (Å²) in [5.41, 5.74) is 4.03. The van der Waals surface area contributed by atoms with E-state index in [1.807, 2.05) is 25.0 Å². The Morgan fingerprint density at radius 1 is 1.14 bits per heavy atom. The maximum atomic E-state index is 4.24. The van der Waals surface area contributed by atoms with Crippen molar-refractivity contribution >= 4 is 10.9 Å². The van der Waals surface area contributed by atoms with Crippen LogP contribution in [0.5, 0.6) is 0 Å². The molecule has 0 fully saturated rings. The van der Waals surface area contributed by atoms with Crippen molar-refractivity contribution < 1.29 is 0 Å². The van der Waals surface area contributed by atoms with Gasteiger partial charge in [-0.1, -0.05) is 18.2 Å². The summed E-state index contributed by atoms with van der Waals surface area (Å²) in [6.07, 6.45) is 8.43. The van der Waals surface area contributed by atoms with Gasteiger partial charge in [0.05, 0.1) is 6.20 Å². The van der Waals surface area contributed by atoms with E-state index in [0.717, 1.165) is 25.9 Å². The summed E-state index contributed by atoms with van der Waals surface area (Å²) in [6.45, 7) is 2.00. The van der Waals surface area contributed by atoms with E-state index >= 15 is 0 Å². The van der Waals surface area contributed by atoms with Crippen molar-refractivity contribution in [3.8, 4) is 0 Å². The van der Waals surface area contributed by atoms with E-state index in [0.29, 0.717) is 0 Å². The molecule has 0 radical (unpaired) electrons. The molecule has 3 aromatic rings. The zero-order valence-corrected chi connectivity index (χ0v) is 12.7. The van der Waals surface area contributed by atoms with Gasteiger partial charge < -0.3 is 9.88 Å². The number of fused-ring (bicyclic) bond motifs is 1. The van der Waals surface area contributed by atoms with Crippen molar-refractivity contribution in [2.24, 2.45) is 7.05 Å². The fourth-order valence-electron chi connectivity index (χ4n) is 2.82. The van der Waals surface area contributed by atoms with Crippen molar-refractivity contribution in [1.82, 2.24) is 19.7 Å². The highest BCUT2D eigenvalue weighted by Crippen LogP contribution is 2.22. The maximum Gasteiger partial charge on any atom is 0.0522 e. The highest BCUT2D eigenvalue weighted by Gasteiger charge is 2.08. The minimum Gasteiger partial charge on any atom is -0.347 e. The summed E-state index contributed by atoms with van der Waals surface area (Å²) in [7, 11) is 3.96. The molecular weight excluding hydrogens is 260 g/mol. The Kier molecular flexibility index (Phi) is 4.06. The zero-order valence-electron chi connectivity index (χ0n) is 12.7. The molecule has 0 bridgehead atoms. The highest BCUT2D eigenvalue weighted by molar-refractivity contribution is 5.84. The Morgan fingerprint density at radius 3 is 2.76 bits per heavy atom. The summed E-state index contributed by atoms with van der Waals surface area (Å²) in [6, 6.07) is 8.67. The minimum absolute atomic E-state index is 0.992. The van der Waals surface area contributed by atoms with Crippen LogP contribution in [-0.2, 0) is 26.4 Å². The number of benzene rings is 1. The molecule has 3 rings (SSSR count). The van der Waals surface area contributed by atoms with Crippen molar-refractivity contribution in [3.63, 3.8) is 0 Å². The molecule has 0 amide bonds. The van der Waals surface area contributed by atoms with Gasteiger partial charge in [0.1, 0.15) is 0 Å². The number of hydrogen-bond donors (Lipinski definition) is 1. The number of nitrogens with zero attached hydrogens (tertiary/aromatic N) is 3. The van der Waals surface area contributed by atoms with E-state index in [9.17, 15) is 0 Å². The number of aryl methyl sites for hydroxylation is 3. The van der Waals surface area contributed by atoms with Gasteiger partial charge in [-0.15, -0.1) is 0 Å². The summed E-state index contributed by atoms with van der Waals surface area (Å²) < 4.78 is 4.23. The molecule has 0 aliphatic rings. The Morgan fingerprint density at radius 2 is 2.00 bits per heavy atom. The van der Waals surface area contributed by atoms with Crippen LogP contribution in [0.15, 0.2) is 42.9 Å². The molecule has 1 aromatic carbocycles. The van der Waals surface area contributed by atoms with E-state index in [1.165, 1.54) is 22.0 Å². The smallest absolute Gasteiger partial charge is 0.0522 e. The monoisotopic (exact) mass is 282 g/mol. The van der Waals surface area contributed by atoms with Gasteiger partial charge >= 0.3 is 0 Å². The van der Waals surface area contributed by atoms with Gasteiger partial charge in [0.2, 0.25) is 0 Å². The highest BCUT2D eigenvalue weighted by atomic mass is 15.2. The maximum absolute atomic E-state index is 4.24. The normalized spacial score (nSPS) is 11.3. The van der Waals surface area contributed by atoms with Crippen molar-refractivity contribution in [3.05, 3.63) is 54.0 Å². The average Bonchev–Trinajstić information content (AvgIpc) is 3.07. The zero-order chi connectivity index (χ0) is 14.7. The third-order valence-corrected chi connectivity index (χ3v) is 3.92. The van der Waals surface area contributed by atoms with Crippen LogP contribution in [-0.4, -0.2) is 27.9 Å². The molecule has 21 heavy (non-hydrogen) atoms. The first kappa shape index (κ1) is 13.9. The van der Waals surface area contributed by atoms with Gasteiger partial charge in [0.25, 0.3) is 0 Å². The largest absolute Gasteiger partial charge is 0.347 e. The lowest BCUT2D eigenvalue weighted by Gasteiger charge is -2.03. The van der Waals surface area contributed by atoms with E-state index in [-0.39, 0.29) is 0 Å². The van der Waals surface area contributed by atoms with Crippen LogP contribution < -0.4 is 5.32 Å². The predicted octanol–water partition coefficient (Wildman–Crippen LogP) is 2.38. The molecule has 4 heteroatoms. The molecular formula is C17H22N4. The number of likely N-dealkylation sites (N-methyl/N-ethyl adjacent to an activating group) is 1. The standard InChI is InChI=1S/C17H22N4/c1-18-9-7-15-13-21(17-6-4-3-5-16(15)17)10-8-14-11-19-20(2)12-14/h3-6,11-13,18H,7-10H2,1-2H3. The molecule has 1 N–H and O–H groups in total. The Balaban J connectivity index is 1.83. The molecule has 0 spiro atoms. The molecule has 0 atom stereocenters. The number of aromatic nitrogens is 3. The van der Waals surface area contributed by atoms with Crippen LogP contribution in [0, 0.1) is 0 Å². The average molecular weight is 282 g/mol.